The fourth-order valence-electron chi connectivity index (χ4n) is 2.95. The van der Waals surface area contributed by atoms with Crippen LogP contribution in [0.4, 0.5) is 0 Å². The summed E-state index contributed by atoms with van der Waals surface area (Å²) >= 11 is 0. The Balaban J connectivity index is 1.81. The molecule has 1 atom stereocenters. The third-order valence-electron chi connectivity index (χ3n) is 3.91. The number of furan rings is 1. The maximum atomic E-state index is 5.42. The molecule has 2 nitrogen and oxygen atoms in total. The first-order valence-corrected chi connectivity index (χ1v) is 7.16. The van der Waals surface area contributed by atoms with Crippen molar-refractivity contribution in [1.82, 2.24) is 5.32 Å². The molecule has 0 aromatic carbocycles. The first-order chi connectivity index (χ1) is 8.40. The maximum absolute atomic E-state index is 5.42. The summed E-state index contributed by atoms with van der Waals surface area (Å²) in [4.78, 5) is 0. The van der Waals surface area contributed by atoms with E-state index in [1.54, 1.807) is 6.26 Å². The van der Waals surface area contributed by atoms with Gasteiger partial charge < -0.3 is 9.73 Å². The van der Waals surface area contributed by atoms with E-state index in [0.717, 1.165) is 24.6 Å². The van der Waals surface area contributed by atoms with Crippen LogP contribution in [0.25, 0.3) is 0 Å². The van der Waals surface area contributed by atoms with Gasteiger partial charge in [0.05, 0.1) is 6.26 Å². The Hall–Kier alpha value is -0.760. The summed E-state index contributed by atoms with van der Waals surface area (Å²) in [6, 6.07) is 4.77. The van der Waals surface area contributed by atoms with Gasteiger partial charge in [-0.15, -0.1) is 0 Å². The largest absolute Gasteiger partial charge is 0.469 e. The molecule has 1 N–H and O–H groups in total. The minimum atomic E-state index is 0.697. The molecular weight excluding hydrogens is 210 g/mol. The zero-order valence-corrected chi connectivity index (χ0v) is 11.0. The second-order valence-electron chi connectivity index (χ2n) is 5.22. The lowest BCUT2D eigenvalue weighted by Crippen LogP contribution is -2.36. The summed E-state index contributed by atoms with van der Waals surface area (Å²) in [5.41, 5.74) is 0. The zero-order valence-electron chi connectivity index (χ0n) is 11.0. The lowest BCUT2D eigenvalue weighted by Gasteiger charge is -2.24. The van der Waals surface area contributed by atoms with Gasteiger partial charge in [0.15, 0.2) is 0 Å². The summed E-state index contributed by atoms with van der Waals surface area (Å²) in [6.07, 6.45) is 11.0. The van der Waals surface area contributed by atoms with Crippen LogP contribution in [0.5, 0.6) is 0 Å². The van der Waals surface area contributed by atoms with Crippen LogP contribution in [-0.2, 0) is 6.42 Å². The molecule has 0 saturated heterocycles. The van der Waals surface area contributed by atoms with Crippen LogP contribution in [0.3, 0.4) is 0 Å². The van der Waals surface area contributed by atoms with Gasteiger partial charge >= 0.3 is 0 Å². The van der Waals surface area contributed by atoms with E-state index in [1.807, 2.05) is 6.07 Å². The summed E-state index contributed by atoms with van der Waals surface area (Å²) in [5.74, 6) is 2.03. The summed E-state index contributed by atoms with van der Waals surface area (Å²) in [5, 5.41) is 3.73. The molecule has 1 heterocycles. The zero-order chi connectivity index (χ0) is 11.9. The van der Waals surface area contributed by atoms with Crippen molar-refractivity contribution < 1.29 is 4.42 Å². The highest BCUT2D eigenvalue weighted by atomic mass is 16.3. The van der Waals surface area contributed by atoms with E-state index in [4.69, 9.17) is 4.42 Å². The topological polar surface area (TPSA) is 25.2 Å². The molecule has 17 heavy (non-hydrogen) atoms. The summed E-state index contributed by atoms with van der Waals surface area (Å²) in [7, 11) is 0. The van der Waals surface area contributed by atoms with E-state index in [2.05, 4.69) is 18.3 Å². The van der Waals surface area contributed by atoms with Crippen LogP contribution in [0.15, 0.2) is 22.8 Å². The highest BCUT2D eigenvalue weighted by Gasteiger charge is 2.24. The maximum Gasteiger partial charge on any atom is 0.103 e. The molecule has 0 amide bonds. The average molecular weight is 235 g/mol. The molecule has 0 radical (unpaired) electrons. The Labute approximate surface area is 105 Å². The normalized spacial score (nSPS) is 18.6. The Kier molecular flexibility index (Phi) is 5.11. The first kappa shape index (κ1) is 12.7. The smallest absolute Gasteiger partial charge is 0.103 e. The predicted octanol–water partition coefficient (Wildman–Crippen LogP) is 3.77. The van der Waals surface area contributed by atoms with Crippen molar-refractivity contribution in [2.45, 2.75) is 57.9 Å². The predicted molar refractivity (Wildman–Crippen MR) is 71.1 cm³/mol. The highest BCUT2D eigenvalue weighted by Crippen LogP contribution is 2.29. The Morgan fingerprint density at radius 1 is 1.41 bits per heavy atom. The lowest BCUT2D eigenvalue weighted by molar-refractivity contribution is 0.332. The number of hydrogen-bond acceptors (Lipinski definition) is 2. The molecule has 1 saturated carbocycles. The fraction of sp³-hybridized carbons (Fsp3) is 0.733. The van der Waals surface area contributed by atoms with Crippen molar-refractivity contribution in [2.75, 3.05) is 6.54 Å². The number of hydrogen-bond donors (Lipinski definition) is 1. The Bertz CT molecular complexity index is 288. The van der Waals surface area contributed by atoms with Crippen molar-refractivity contribution in [1.29, 1.82) is 0 Å². The highest BCUT2D eigenvalue weighted by molar-refractivity contribution is 4.99. The second kappa shape index (κ2) is 6.85. The lowest BCUT2D eigenvalue weighted by atomic mass is 9.93. The van der Waals surface area contributed by atoms with Gasteiger partial charge in [-0.3, -0.25) is 0 Å². The van der Waals surface area contributed by atoms with E-state index < -0.39 is 0 Å². The van der Waals surface area contributed by atoms with Gasteiger partial charge in [0.1, 0.15) is 5.76 Å². The fourth-order valence-corrected chi connectivity index (χ4v) is 2.95. The van der Waals surface area contributed by atoms with E-state index in [-0.39, 0.29) is 0 Å². The third kappa shape index (κ3) is 3.88. The molecule has 1 fully saturated rings. The molecule has 96 valence electrons. The number of nitrogens with one attached hydrogen (secondary N) is 1. The monoisotopic (exact) mass is 235 g/mol. The number of rotatable bonds is 7. The van der Waals surface area contributed by atoms with Gasteiger partial charge in [-0.05, 0) is 50.3 Å². The van der Waals surface area contributed by atoms with E-state index in [1.165, 1.54) is 38.5 Å². The molecule has 1 unspecified atom stereocenters. The number of aryl methyl sites for hydroxylation is 1. The second-order valence-corrected chi connectivity index (χ2v) is 5.22. The van der Waals surface area contributed by atoms with Crippen LogP contribution in [0, 0.1) is 5.92 Å². The summed E-state index contributed by atoms with van der Waals surface area (Å²) in [6.45, 7) is 3.39. The molecular formula is C15H25NO. The van der Waals surface area contributed by atoms with E-state index in [9.17, 15) is 0 Å². The third-order valence-corrected chi connectivity index (χ3v) is 3.91. The molecule has 1 aromatic rings. The standard InChI is InChI=1S/C15H25NO/c1-2-11-16-15(13-6-3-4-7-13)10-9-14-8-5-12-17-14/h5,8,12-13,15-16H,2-4,6-7,9-11H2,1H3. The summed E-state index contributed by atoms with van der Waals surface area (Å²) < 4.78 is 5.42. The van der Waals surface area contributed by atoms with Crippen molar-refractivity contribution in [3.05, 3.63) is 24.2 Å². The molecule has 2 heteroatoms. The van der Waals surface area contributed by atoms with Crippen LogP contribution >= 0.6 is 0 Å². The molecule has 1 aliphatic carbocycles. The molecule has 1 aliphatic rings. The van der Waals surface area contributed by atoms with Gasteiger partial charge in [-0.1, -0.05) is 19.8 Å². The van der Waals surface area contributed by atoms with Crippen molar-refractivity contribution in [3.63, 3.8) is 0 Å². The van der Waals surface area contributed by atoms with Crippen LogP contribution in [0.2, 0.25) is 0 Å². The molecule has 0 aliphatic heterocycles. The van der Waals surface area contributed by atoms with Gasteiger partial charge in [0, 0.05) is 12.5 Å². The van der Waals surface area contributed by atoms with Crippen LogP contribution < -0.4 is 5.32 Å². The molecule has 1 aromatic heterocycles. The van der Waals surface area contributed by atoms with E-state index >= 15 is 0 Å². The van der Waals surface area contributed by atoms with Crippen molar-refractivity contribution >= 4 is 0 Å². The minimum absolute atomic E-state index is 0.697. The molecule has 0 bridgehead atoms. The SMILES string of the molecule is CCCNC(CCc1ccco1)C1CCCC1. The van der Waals surface area contributed by atoms with Crippen LogP contribution in [-0.4, -0.2) is 12.6 Å². The quantitative estimate of drug-likeness (QED) is 0.778. The van der Waals surface area contributed by atoms with Crippen molar-refractivity contribution in [2.24, 2.45) is 5.92 Å². The van der Waals surface area contributed by atoms with Gasteiger partial charge in [-0.2, -0.15) is 0 Å². The van der Waals surface area contributed by atoms with Crippen molar-refractivity contribution in [3.8, 4) is 0 Å². The minimum Gasteiger partial charge on any atom is -0.469 e. The Morgan fingerprint density at radius 3 is 2.88 bits per heavy atom. The van der Waals surface area contributed by atoms with Crippen LogP contribution in [0.1, 0.15) is 51.2 Å². The average Bonchev–Trinajstić information content (AvgIpc) is 3.01. The van der Waals surface area contributed by atoms with Gasteiger partial charge in [0.2, 0.25) is 0 Å². The molecule has 2 rings (SSSR count). The van der Waals surface area contributed by atoms with Gasteiger partial charge in [0.25, 0.3) is 0 Å². The molecule has 0 spiro atoms. The first-order valence-electron chi connectivity index (χ1n) is 7.16. The Morgan fingerprint density at radius 2 is 2.24 bits per heavy atom. The van der Waals surface area contributed by atoms with E-state index in [0.29, 0.717) is 6.04 Å². The van der Waals surface area contributed by atoms with Gasteiger partial charge in [-0.25, -0.2) is 0 Å².